The number of likely N-dealkylation sites (tertiary alicyclic amines) is 1. The molecule has 2 saturated heterocycles. The molecule has 3 aliphatic rings. The van der Waals surface area contributed by atoms with Crippen LogP contribution in [0.1, 0.15) is 76.0 Å². The van der Waals surface area contributed by atoms with Gasteiger partial charge in [-0.25, -0.2) is 4.39 Å². The Kier molecular flexibility index (Phi) is 10.1. The highest BCUT2D eigenvalue weighted by molar-refractivity contribution is 6.30. The second-order valence-electron chi connectivity index (χ2n) is 12.9. The number of piperidine rings is 2. The van der Waals surface area contributed by atoms with Crippen LogP contribution in [-0.4, -0.2) is 30.6 Å². The van der Waals surface area contributed by atoms with Gasteiger partial charge in [0.25, 0.3) is 0 Å². The maximum absolute atomic E-state index is 14.1. The van der Waals surface area contributed by atoms with Crippen molar-refractivity contribution in [3.05, 3.63) is 106 Å². The maximum atomic E-state index is 14.1. The molecule has 1 saturated carbocycles. The van der Waals surface area contributed by atoms with Crippen molar-refractivity contribution < 1.29 is 4.39 Å². The summed E-state index contributed by atoms with van der Waals surface area (Å²) in [4.78, 5) is 5.47. The Balaban J connectivity index is 1.17. The zero-order valence-corrected chi connectivity index (χ0v) is 26.8. The lowest BCUT2D eigenvalue weighted by Gasteiger charge is -2.56. The van der Waals surface area contributed by atoms with E-state index in [0.717, 1.165) is 48.3 Å². The molecule has 1 aliphatic carbocycles. The number of aryl methyl sites for hydroxylation is 2. The van der Waals surface area contributed by atoms with E-state index in [1.165, 1.54) is 72.9 Å². The minimum absolute atomic E-state index is 0.209. The van der Waals surface area contributed by atoms with Crippen molar-refractivity contribution in [3.8, 4) is 0 Å². The van der Waals surface area contributed by atoms with Crippen LogP contribution in [0.4, 0.5) is 10.1 Å². The van der Waals surface area contributed by atoms with Crippen molar-refractivity contribution in [1.29, 1.82) is 0 Å². The molecular formula is C38H48ClFN2. The van der Waals surface area contributed by atoms with E-state index in [1.807, 2.05) is 0 Å². The van der Waals surface area contributed by atoms with E-state index in [-0.39, 0.29) is 5.82 Å². The molecule has 3 fully saturated rings. The Morgan fingerprint density at radius 3 is 2.52 bits per heavy atom. The zero-order valence-electron chi connectivity index (χ0n) is 26.0. The van der Waals surface area contributed by atoms with Crippen molar-refractivity contribution in [3.63, 3.8) is 0 Å². The summed E-state index contributed by atoms with van der Waals surface area (Å²) in [6.07, 6.45) is 17.1. The number of hydrogen-bond acceptors (Lipinski definition) is 2. The Bertz CT molecular complexity index is 1360. The zero-order chi connectivity index (χ0) is 29.8. The van der Waals surface area contributed by atoms with Gasteiger partial charge >= 0.3 is 0 Å². The molecule has 5 rings (SSSR count). The fourth-order valence-electron chi connectivity index (χ4n) is 7.25. The molecule has 2 aromatic carbocycles. The summed E-state index contributed by atoms with van der Waals surface area (Å²) in [5, 5.41) is 0.451. The van der Waals surface area contributed by atoms with Gasteiger partial charge in [0.15, 0.2) is 0 Å². The van der Waals surface area contributed by atoms with Crippen molar-refractivity contribution >= 4 is 22.9 Å². The molecule has 3 atom stereocenters. The van der Waals surface area contributed by atoms with Crippen LogP contribution in [0.15, 0.2) is 78.6 Å². The highest BCUT2D eigenvalue weighted by Gasteiger charge is 2.48. The monoisotopic (exact) mass is 586 g/mol. The molecule has 0 N–H and O–H groups in total. The lowest BCUT2D eigenvalue weighted by Crippen LogP contribution is -2.59. The molecule has 42 heavy (non-hydrogen) atoms. The van der Waals surface area contributed by atoms with Crippen LogP contribution in [0.25, 0.3) is 5.57 Å². The molecule has 3 unspecified atom stereocenters. The van der Waals surface area contributed by atoms with Gasteiger partial charge in [-0.3, -0.25) is 4.90 Å². The number of allylic oxidation sites excluding steroid dienone is 6. The number of benzene rings is 2. The molecule has 2 aliphatic heterocycles. The molecule has 0 spiro atoms. The van der Waals surface area contributed by atoms with Crippen molar-refractivity contribution in [2.45, 2.75) is 78.7 Å². The third kappa shape index (κ3) is 6.95. The maximum Gasteiger partial charge on any atom is 0.127 e. The first kappa shape index (κ1) is 30.8. The van der Waals surface area contributed by atoms with Crippen LogP contribution in [0.3, 0.4) is 0 Å². The summed E-state index contributed by atoms with van der Waals surface area (Å²) in [6.45, 7) is 16.5. The first-order valence-electron chi connectivity index (χ1n) is 16.0. The van der Waals surface area contributed by atoms with E-state index in [1.54, 1.807) is 12.1 Å². The topological polar surface area (TPSA) is 6.48 Å². The summed E-state index contributed by atoms with van der Waals surface area (Å²) in [5.41, 5.74) is 8.60. The van der Waals surface area contributed by atoms with E-state index in [9.17, 15) is 4.39 Å². The Morgan fingerprint density at radius 1 is 1.07 bits per heavy atom. The molecule has 2 nitrogen and oxygen atoms in total. The molecule has 2 aromatic rings. The fourth-order valence-corrected chi connectivity index (χ4v) is 7.41. The third-order valence-electron chi connectivity index (χ3n) is 10.0. The van der Waals surface area contributed by atoms with Crippen molar-refractivity contribution in [1.82, 2.24) is 4.90 Å². The second kappa shape index (κ2) is 13.8. The van der Waals surface area contributed by atoms with E-state index >= 15 is 0 Å². The van der Waals surface area contributed by atoms with E-state index in [4.69, 9.17) is 11.6 Å². The van der Waals surface area contributed by atoms with Crippen LogP contribution >= 0.6 is 11.6 Å². The quantitative estimate of drug-likeness (QED) is 0.270. The van der Waals surface area contributed by atoms with Gasteiger partial charge in [0.1, 0.15) is 5.82 Å². The Hall–Kier alpha value is -2.62. The molecular weight excluding hydrogens is 539 g/mol. The van der Waals surface area contributed by atoms with Gasteiger partial charge in [-0.1, -0.05) is 71.8 Å². The van der Waals surface area contributed by atoms with Gasteiger partial charge in [0.05, 0.1) is 6.04 Å². The van der Waals surface area contributed by atoms with Gasteiger partial charge in [-0.2, -0.15) is 0 Å². The van der Waals surface area contributed by atoms with E-state index < -0.39 is 0 Å². The van der Waals surface area contributed by atoms with E-state index in [0.29, 0.717) is 17.5 Å². The predicted octanol–water partition coefficient (Wildman–Crippen LogP) is 10.2. The van der Waals surface area contributed by atoms with Gasteiger partial charge in [-0.05, 0) is 138 Å². The summed E-state index contributed by atoms with van der Waals surface area (Å²) in [7, 11) is 0. The third-order valence-corrected chi connectivity index (χ3v) is 10.3. The highest BCUT2D eigenvalue weighted by atomic mass is 35.5. The molecule has 0 bridgehead atoms. The Labute approximate surface area is 258 Å². The summed E-state index contributed by atoms with van der Waals surface area (Å²) in [6, 6.07) is 12.3. The first-order chi connectivity index (χ1) is 20.2. The van der Waals surface area contributed by atoms with Gasteiger partial charge in [0, 0.05) is 23.0 Å². The summed E-state index contributed by atoms with van der Waals surface area (Å²) >= 11 is 5.88. The summed E-state index contributed by atoms with van der Waals surface area (Å²) in [5.74, 6) is 2.12. The minimum Gasteiger partial charge on any atom is -0.343 e. The first-order valence-corrected chi connectivity index (χ1v) is 16.3. The average molecular weight is 587 g/mol. The lowest BCUT2D eigenvalue weighted by atomic mass is 9.65. The predicted molar refractivity (Wildman–Crippen MR) is 179 cm³/mol. The number of anilines is 1. The minimum atomic E-state index is -0.209. The lowest BCUT2D eigenvalue weighted by molar-refractivity contribution is 0.0288. The normalized spacial score (nSPS) is 24.7. The molecule has 4 heteroatoms. The molecule has 0 amide bonds. The van der Waals surface area contributed by atoms with Gasteiger partial charge in [0.2, 0.25) is 0 Å². The number of hydrogen-bond donors (Lipinski definition) is 0. The van der Waals surface area contributed by atoms with Crippen molar-refractivity contribution in [2.75, 3.05) is 24.5 Å². The molecule has 0 aromatic heterocycles. The average Bonchev–Trinajstić information content (AvgIpc) is 2.96. The molecule has 224 valence electrons. The van der Waals surface area contributed by atoms with Crippen molar-refractivity contribution in [2.24, 2.45) is 17.8 Å². The summed E-state index contributed by atoms with van der Waals surface area (Å²) < 4.78 is 14.1. The van der Waals surface area contributed by atoms with Gasteiger partial charge < -0.3 is 4.90 Å². The van der Waals surface area contributed by atoms with E-state index in [2.05, 4.69) is 86.6 Å². The number of fused-ring (bicyclic) bond motifs is 1. The van der Waals surface area contributed by atoms with Crippen LogP contribution in [0.2, 0.25) is 5.02 Å². The smallest absolute Gasteiger partial charge is 0.127 e. The Morgan fingerprint density at radius 2 is 1.86 bits per heavy atom. The molecule has 0 radical (unpaired) electrons. The van der Waals surface area contributed by atoms with Crippen LogP contribution in [-0.2, 0) is 6.42 Å². The van der Waals surface area contributed by atoms with Crippen LogP contribution < -0.4 is 4.90 Å². The molecule has 2 heterocycles. The SMILES string of the molecule is C=C(C)c1ccc(C)c(N2CC3CCC3C(N3CCC(C/C=C\C=C(/C)CCc4ccc(Cl)cc4F)CC3)/C2=C\C)c1. The van der Waals surface area contributed by atoms with Crippen LogP contribution in [0.5, 0.6) is 0 Å². The highest BCUT2D eigenvalue weighted by Crippen LogP contribution is 2.49. The largest absolute Gasteiger partial charge is 0.343 e. The van der Waals surface area contributed by atoms with Gasteiger partial charge in [-0.15, -0.1) is 0 Å². The standard InChI is InChI=1S/C38H48ClFN2/c1-6-36-38(34-18-16-32(34)25-42(36)37-23-31(26(2)3)14-12-28(37)5)41-21-19-29(20-22-41)10-8-7-9-27(4)11-13-30-15-17-33(39)24-35(30)40/h6-9,12,14-15,17,23-24,29,32,34,38H,2,10-11,13,16,18-22,25H2,1,3-5H3/b8-7-,27-9+,36-6+. The number of nitrogens with zero attached hydrogens (tertiary/aromatic N) is 2. The number of rotatable bonds is 9. The second-order valence-corrected chi connectivity index (χ2v) is 13.4. The number of halogens is 2. The van der Waals surface area contributed by atoms with Crippen LogP contribution in [0, 0.1) is 30.5 Å². The fraction of sp³-hybridized carbons (Fsp3) is 0.474.